The smallest absolute Gasteiger partial charge is 0.336 e. The monoisotopic (exact) mass is 481 g/mol. The average Bonchev–Trinajstić information content (AvgIpc) is 2.83. The molecule has 0 saturated heterocycles. The normalized spacial score (nSPS) is 20.0. The van der Waals surface area contributed by atoms with Crippen molar-refractivity contribution < 1.29 is 23.8 Å². The van der Waals surface area contributed by atoms with E-state index in [1.165, 1.54) is 0 Å². The fourth-order valence-electron chi connectivity index (χ4n) is 4.85. The number of esters is 1. The molecule has 2 aromatic carbocycles. The van der Waals surface area contributed by atoms with Crippen molar-refractivity contribution in [1.82, 2.24) is 5.32 Å². The summed E-state index contributed by atoms with van der Waals surface area (Å²) in [6.45, 7) is 3.86. The summed E-state index contributed by atoms with van der Waals surface area (Å²) in [6.07, 6.45) is 1.00. The van der Waals surface area contributed by atoms with Crippen LogP contribution in [0.2, 0.25) is 5.02 Å². The molecule has 1 aliphatic heterocycles. The summed E-state index contributed by atoms with van der Waals surface area (Å²) in [5.74, 6) is 0.136. The Hall–Kier alpha value is -3.25. The summed E-state index contributed by atoms with van der Waals surface area (Å²) in [7, 11) is 3.13. The number of hydrogen-bond donors (Lipinski definition) is 1. The lowest BCUT2D eigenvalue weighted by atomic mass is 9.71. The van der Waals surface area contributed by atoms with E-state index in [9.17, 15) is 9.59 Å². The maximum atomic E-state index is 13.6. The second kappa shape index (κ2) is 9.94. The number of Topliss-reactive ketones (excluding diaryl/α,β-unsaturated/α-hetero) is 1. The minimum absolute atomic E-state index is 0.00258. The maximum absolute atomic E-state index is 13.6. The van der Waals surface area contributed by atoms with Crippen molar-refractivity contribution >= 4 is 23.4 Å². The third-order valence-corrected chi connectivity index (χ3v) is 6.66. The average molecular weight is 482 g/mol. The van der Waals surface area contributed by atoms with Gasteiger partial charge in [0, 0.05) is 34.3 Å². The number of carbonyl (C=O) groups is 2. The molecule has 2 aliphatic rings. The van der Waals surface area contributed by atoms with Gasteiger partial charge in [-0.15, -0.1) is 0 Å². The molecule has 0 radical (unpaired) electrons. The van der Waals surface area contributed by atoms with Crippen LogP contribution < -0.4 is 14.8 Å². The Morgan fingerprint density at radius 1 is 1.03 bits per heavy atom. The van der Waals surface area contributed by atoms with Crippen molar-refractivity contribution in [1.29, 1.82) is 0 Å². The number of dihydropyridines is 1. The predicted molar refractivity (Wildman–Crippen MR) is 130 cm³/mol. The number of nitrogens with one attached hydrogen (secondary N) is 1. The third kappa shape index (κ3) is 4.42. The first-order valence-corrected chi connectivity index (χ1v) is 11.6. The fourth-order valence-corrected chi connectivity index (χ4v) is 4.98. The van der Waals surface area contributed by atoms with Gasteiger partial charge >= 0.3 is 5.97 Å². The van der Waals surface area contributed by atoms with Gasteiger partial charge in [-0.25, -0.2) is 4.79 Å². The number of halogens is 1. The quantitative estimate of drug-likeness (QED) is 0.566. The number of ether oxygens (including phenoxy) is 3. The summed E-state index contributed by atoms with van der Waals surface area (Å²) in [5, 5.41) is 4.02. The summed E-state index contributed by atoms with van der Waals surface area (Å²) in [6, 6.07) is 13.1. The lowest BCUT2D eigenvalue weighted by Gasteiger charge is -2.36. The van der Waals surface area contributed by atoms with Crippen LogP contribution in [0.1, 0.15) is 49.7 Å². The number of rotatable bonds is 6. The third-order valence-electron chi connectivity index (χ3n) is 6.41. The highest BCUT2D eigenvalue weighted by atomic mass is 35.5. The van der Waals surface area contributed by atoms with Crippen molar-refractivity contribution in [2.45, 2.75) is 38.5 Å². The van der Waals surface area contributed by atoms with Crippen molar-refractivity contribution in [3.05, 3.63) is 81.2 Å². The lowest BCUT2D eigenvalue weighted by Crippen LogP contribution is -2.36. The summed E-state index contributed by atoms with van der Waals surface area (Å²) < 4.78 is 16.3. The van der Waals surface area contributed by atoms with Gasteiger partial charge in [0.25, 0.3) is 0 Å². The minimum Gasteiger partial charge on any atom is -0.493 e. The van der Waals surface area contributed by atoms with Crippen molar-refractivity contribution in [3.63, 3.8) is 0 Å². The molecule has 7 heteroatoms. The highest BCUT2D eigenvalue weighted by Gasteiger charge is 2.41. The molecule has 0 spiro atoms. The topological polar surface area (TPSA) is 73.9 Å². The number of hydrogen-bond acceptors (Lipinski definition) is 6. The van der Waals surface area contributed by atoms with Gasteiger partial charge in [0.1, 0.15) is 0 Å². The highest BCUT2D eigenvalue weighted by molar-refractivity contribution is 6.30. The molecule has 0 fully saturated rings. The van der Waals surface area contributed by atoms with Crippen LogP contribution in [0.4, 0.5) is 0 Å². The van der Waals surface area contributed by atoms with Gasteiger partial charge in [-0.1, -0.05) is 29.8 Å². The van der Waals surface area contributed by atoms with Crippen molar-refractivity contribution in [3.8, 4) is 11.5 Å². The Labute approximate surface area is 204 Å². The summed E-state index contributed by atoms with van der Waals surface area (Å²) in [4.78, 5) is 26.7. The van der Waals surface area contributed by atoms with E-state index in [4.69, 9.17) is 25.8 Å². The molecule has 1 aliphatic carbocycles. The lowest BCUT2D eigenvalue weighted by molar-refractivity contribution is -0.138. The molecule has 178 valence electrons. The highest BCUT2D eigenvalue weighted by Crippen LogP contribution is 2.47. The molecular weight excluding hydrogens is 454 g/mol. The number of methoxy groups -OCH3 is 2. The molecule has 0 amide bonds. The molecule has 2 aromatic rings. The minimum atomic E-state index is -0.561. The van der Waals surface area contributed by atoms with Crippen LogP contribution >= 0.6 is 11.6 Å². The van der Waals surface area contributed by atoms with E-state index in [2.05, 4.69) is 5.32 Å². The largest absolute Gasteiger partial charge is 0.493 e. The van der Waals surface area contributed by atoms with E-state index in [1.807, 2.05) is 43.3 Å². The van der Waals surface area contributed by atoms with Crippen LogP contribution in [-0.4, -0.2) is 32.6 Å². The SMILES string of the molecule is CCOC(=O)C1=C(C)NC2=C(C(=O)C[C@@H](c3ccc(Cl)cc3)C2)[C@@H]1c1ccc(OC)c(OC)c1. The van der Waals surface area contributed by atoms with E-state index in [0.717, 1.165) is 16.8 Å². The van der Waals surface area contributed by atoms with Crippen molar-refractivity contribution in [2.75, 3.05) is 20.8 Å². The Kier molecular flexibility index (Phi) is 6.98. The fraction of sp³-hybridized carbons (Fsp3) is 0.333. The molecule has 0 aromatic heterocycles. The number of benzene rings is 2. The second-order valence-corrected chi connectivity index (χ2v) is 8.84. The zero-order chi connectivity index (χ0) is 24.4. The maximum Gasteiger partial charge on any atom is 0.336 e. The first-order valence-electron chi connectivity index (χ1n) is 11.3. The molecule has 2 atom stereocenters. The van der Waals surface area contributed by atoms with E-state index >= 15 is 0 Å². The Balaban J connectivity index is 1.82. The first-order chi connectivity index (χ1) is 16.4. The standard InChI is InChI=1S/C27H28ClNO5/c1-5-34-27(31)24-15(2)29-20-12-18(16-6-9-19(28)10-7-16)13-21(30)26(20)25(24)17-8-11-22(32-3)23(14-17)33-4/h6-11,14,18,25,29H,5,12-13H2,1-4H3/t18-,25+/m0/s1. The molecule has 1 N–H and O–H groups in total. The number of carbonyl (C=O) groups excluding carboxylic acids is 2. The van der Waals surface area contributed by atoms with Crippen molar-refractivity contribution in [2.24, 2.45) is 0 Å². The van der Waals surface area contributed by atoms with E-state index in [0.29, 0.717) is 46.2 Å². The molecule has 4 rings (SSSR count). The molecule has 6 nitrogen and oxygen atoms in total. The Morgan fingerprint density at radius 3 is 2.35 bits per heavy atom. The van der Waals surface area contributed by atoms with Crippen LogP contribution in [0, 0.1) is 0 Å². The summed E-state index contributed by atoms with van der Waals surface area (Å²) in [5.41, 5.74) is 4.39. The van der Waals surface area contributed by atoms with Gasteiger partial charge < -0.3 is 19.5 Å². The van der Waals surface area contributed by atoms with Crippen LogP contribution in [0.15, 0.2) is 65.0 Å². The van der Waals surface area contributed by atoms with Crippen LogP contribution in [0.25, 0.3) is 0 Å². The van der Waals surface area contributed by atoms with Crippen LogP contribution in [0.3, 0.4) is 0 Å². The molecule has 0 bridgehead atoms. The molecular formula is C27H28ClNO5. The van der Waals surface area contributed by atoms with Gasteiger partial charge in [-0.2, -0.15) is 0 Å². The molecule has 0 unspecified atom stereocenters. The van der Waals surface area contributed by atoms with Gasteiger partial charge in [0.15, 0.2) is 17.3 Å². The van der Waals surface area contributed by atoms with E-state index < -0.39 is 11.9 Å². The van der Waals surface area contributed by atoms with Gasteiger partial charge in [0.2, 0.25) is 0 Å². The number of ketones is 1. The van der Waals surface area contributed by atoms with E-state index in [1.54, 1.807) is 27.2 Å². The Bertz CT molecular complexity index is 1180. The molecule has 0 saturated carbocycles. The zero-order valence-corrected chi connectivity index (χ0v) is 20.5. The van der Waals surface area contributed by atoms with Gasteiger partial charge in [-0.3, -0.25) is 4.79 Å². The second-order valence-electron chi connectivity index (χ2n) is 8.40. The predicted octanol–water partition coefficient (Wildman–Crippen LogP) is 5.28. The number of allylic oxidation sites excluding steroid dienone is 3. The van der Waals surface area contributed by atoms with E-state index in [-0.39, 0.29) is 18.3 Å². The first kappa shape index (κ1) is 23.9. The summed E-state index contributed by atoms with van der Waals surface area (Å²) >= 11 is 6.06. The molecule has 34 heavy (non-hydrogen) atoms. The Morgan fingerprint density at radius 2 is 1.71 bits per heavy atom. The van der Waals surface area contributed by atoms with Gasteiger partial charge in [0.05, 0.1) is 26.4 Å². The van der Waals surface area contributed by atoms with Crippen LogP contribution in [-0.2, 0) is 14.3 Å². The zero-order valence-electron chi connectivity index (χ0n) is 19.7. The van der Waals surface area contributed by atoms with Gasteiger partial charge in [-0.05, 0) is 61.6 Å². The van der Waals surface area contributed by atoms with Crippen LogP contribution in [0.5, 0.6) is 11.5 Å². The molecule has 1 heterocycles.